The van der Waals surface area contributed by atoms with Crippen LogP contribution in [-0.2, 0) is 20.7 Å². The molecule has 1 atom stereocenters. The Morgan fingerprint density at radius 2 is 1.81 bits per heavy atom. The molecule has 0 heterocycles. The second kappa shape index (κ2) is 7.67. The van der Waals surface area contributed by atoms with Crippen LogP contribution in [0.15, 0.2) is 30.3 Å². The van der Waals surface area contributed by atoms with Gasteiger partial charge in [0, 0.05) is 6.42 Å². The Kier molecular flexibility index (Phi) is 6.21. The van der Waals surface area contributed by atoms with Crippen LogP contribution in [0.25, 0.3) is 0 Å². The highest BCUT2D eigenvalue weighted by Gasteiger charge is 2.21. The summed E-state index contributed by atoms with van der Waals surface area (Å²) in [5.74, 6) is -0.475. The number of alkyl carbamates (subject to hydrolysis) is 1. The normalized spacial score (nSPS) is 12.4. The molecule has 1 unspecified atom stereocenters. The van der Waals surface area contributed by atoms with Crippen LogP contribution >= 0.6 is 0 Å². The van der Waals surface area contributed by atoms with Gasteiger partial charge in [0.25, 0.3) is 0 Å². The number of nitrogens with one attached hydrogen (secondary N) is 1. The third-order valence-corrected chi connectivity index (χ3v) is 2.56. The minimum Gasteiger partial charge on any atom is -0.464 e. The molecule has 0 fully saturated rings. The van der Waals surface area contributed by atoms with E-state index in [-0.39, 0.29) is 6.61 Å². The third-order valence-electron chi connectivity index (χ3n) is 2.56. The molecule has 0 aliphatic rings. The predicted molar refractivity (Wildman–Crippen MR) is 79.9 cm³/mol. The number of benzene rings is 1. The van der Waals surface area contributed by atoms with E-state index >= 15 is 0 Å². The van der Waals surface area contributed by atoms with Gasteiger partial charge in [-0.1, -0.05) is 30.3 Å². The summed E-state index contributed by atoms with van der Waals surface area (Å²) in [6.07, 6.45) is 0.0150. The fraction of sp³-hybridized carbons (Fsp3) is 0.500. The van der Waals surface area contributed by atoms with E-state index in [0.29, 0.717) is 6.42 Å². The SMILES string of the molecule is CC(NC(=O)OC(C)(C)C)C(=O)OCCc1ccccc1. The van der Waals surface area contributed by atoms with E-state index in [9.17, 15) is 9.59 Å². The topological polar surface area (TPSA) is 64.6 Å². The Hall–Kier alpha value is -2.04. The molecular weight excluding hydrogens is 270 g/mol. The molecule has 1 rings (SSSR count). The van der Waals surface area contributed by atoms with Crippen molar-refractivity contribution in [2.24, 2.45) is 0 Å². The first kappa shape index (κ1) is 17.0. The smallest absolute Gasteiger partial charge is 0.408 e. The molecule has 1 N–H and O–H groups in total. The lowest BCUT2D eigenvalue weighted by Crippen LogP contribution is -2.42. The van der Waals surface area contributed by atoms with E-state index in [2.05, 4.69) is 5.32 Å². The van der Waals surface area contributed by atoms with Crippen molar-refractivity contribution in [2.45, 2.75) is 45.8 Å². The summed E-state index contributed by atoms with van der Waals surface area (Å²) < 4.78 is 10.2. The van der Waals surface area contributed by atoms with Gasteiger partial charge < -0.3 is 14.8 Å². The van der Waals surface area contributed by atoms with Crippen LogP contribution < -0.4 is 5.32 Å². The average Bonchev–Trinajstić information content (AvgIpc) is 2.37. The Balaban J connectivity index is 2.29. The largest absolute Gasteiger partial charge is 0.464 e. The van der Waals surface area contributed by atoms with Crippen LogP contribution in [0.3, 0.4) is 0 Å². The highest BCUT2D eigenvalue weighted by molar-refractivity contribution is 5.81. The first-order valence-electron chi connectivity index (χ1n) is 6.98. The molecule has 0 aliphatic carbocycles. The molecule has 21 heavy (non-hydrogen) atoms. The van der Waals surface area contributed by atoms with E-state index < -0.39 is 23.7 Å². The summed E-state index contributed by atoms with van der Waals surface area (Å²) in [5, 5.41) is 2.45. The van der Waals surface area contributed by atoms with Crippen LogP contribution in [0.1, 0.15) is 33.3 Å². The van der Waals surface area contributed by atoms with Crippen molar-refractivity contribution in [3.05, 3.63) is 35.9 Å². The van der Waals surface area contributed by atoms with Gasteiger partial charge in [-0.25, -0.2) is 9.59 Å². The van der Waals surface area contributed by atoms with Crippen molar-refractivity contribution in [2.75, 3.05) is 6.61 Å². The zero-order valence-corrected chi connectivity index (χ0v) is 13.0. The van der Waals surface area contributed by atoms with Gasteiger partial charge in [-0.3, -0.25) is 0 Å². The van der Waals surface area contributed by atoms with Gasteiger partial charge in [-0.05, 0) is 33.3 Å². The van der Waals surface area contributed by atoms with Gasteiger partial charge >= 0.3 is 12.1 Å². The molecule has 1 amide bonds. The Labute approximate surface area is 125 Å². The van der Waals surface area contributed by atoms with Crippen molar-refractivity contribution in [3.8, 4) is 0 Å². The van der Waals surface area contributed by atoms with Crippen molar-refractivity contribution in [3.63, 3.8) is 0 Å². The van der Waals surface area contributed by atoms with Crippen LogP contribution in [0.5, 0.6) is 0 Å². The fourth-order valence-electron chi connectivity index (χ4n) is 1.58. The number of ether oxygens (including phenoxy) is 2. The molecule has 0 spiro atoms. The predicted octanol–water partition coefficient (Wildman–Crippen LogP) is 2.69. The van der Waals surface area contributed by atoms with E-state index in [1.165, 1.54) is 0 Å². The van der Waals surface area contributed by atoms with E-state index in [4.69, 9.17) is 9.47 Å². The van der Waals surface area contributed by atoms with Gasteiger partial charge in [-0.2, -0.15) is 0 Å². The number of carbonyl (C=O) groups is 2. The van der Waals surface area contributed by atoms with E-state index in [1.807, 2.05) is 30.3 Å². The first-order chi connectivity index (χ1) is 9.78. The number of carbonyl (C=O) groups excluding carboxylic acids is 2. The van der Waals surface area contributed by atoms with Crippen LogP contribution in [0.4, 0.5) is 4.79 Å². The number of hydrogen-bond acceptors (Lipinski definition) is 4. The second-order valence-electron chi connectivity index (χ2n) is 5.77. The quantitative estimate of drug-likeness (QED) is 0.848. The lowest BCUT2D eigenvalue weighted by Gasteiger charge is -2.21. The molecule has 0 saturated heterocycles. The molecule has 0 aliphatic heterocycles. The second-order valence-corrected chi connectivity index (χ2v) is 5.77. The van der Waals surface area contributed by atoms with E-state index in [1.54, 1.807) is 27.7 Å². The standard InChI is InChI=1S/C16H23NO4/c1-12(17-15(19)21-16(2,3)4)14(18)20-11-10-13-8-6-5-7-9-13/h5-9,12H,10-11H2,1-4H3,(H,17,19). The maximum Gasteiger partial charge on any atom is 0.408 e. The fourth-order valence-corrected chi connectivity index (χ4v) is 1.58. The van der Waals surface area contributed by atoms with Gasteiger partial charge in [-0.15, -0.1) is 0 Å². The number of rotatable bonds is 5. The highest BCUT2D eigenvalue weighted by atomic mass is 16.6. The summed E-state index contributed by atoms with van der Waals surface area (Å²) in [5.41, 5.74) is 0.499. The molecule has 1 aromatic rings. The summed E-state index contributed by atoms with van der Waals surface area (Å²) in [6, 6.07) is 9.00. The zero-order valence-electron chi connectivity index (χ0n) is 13.0. The molecule has 0 bridgehead atoms. The third kappa shape index (κ3) is 7.34. The van der Waals surface area contributed by atoms with Crippen molar-refractivity contribution in [1.82, 2.24) is 5.32 Å². The number of esters is 1. The van der Waals surface area contributed by atoms with Crippen LogP contribution in [0.2, 0.25) is 0 Å². The van der Waals surface area contributed by atoms with E-state index in [0.717, 1.165) is 5.56 Å². The molecule has 5 heteroatoms. The molecule has 1 aromatic carbocycles. The summed E-state index contributed by atoms with van der Waals surface area (Å²) in [4.78, 5) is 23.3. The lowest BCUT2D eigenvalue weighted by molar-refractivity contribution is -0.145. The summed E-state index contributed by atoms with van der Waals surface area (Å²) in [7, 11) is 0. The molecular formula is C16H23NO4. The molecule has 5 nitrogen and oxygen atoms in total. The van der Waals surface area contributed by atoms with Crippen molar-refractivity contribution in [1.29, 1.82) is 0 Å². The van der Waals surface area contributed by atoms with Gasteiger partial charge in [0.2, 0.25) is 0 Å². The Morgan fingerprint density at radius 1 is 1.19 bits per heavy atom. The Bertz CT molecular complexity index is 465. The lowest BCUT2D eigenvalue weighted by atomic mass is 10.2. The minimum absolute atomic E-state index is 0.281. The maximum absolute atomic E-state index is 11.7. The Morgan fingerprint density at radius 3 is 2.38 bits per heavy atom. The zero-order chi connectivity index (χ0) is 15.9. The van der Waals surface area contributed by atoms with Gasteiger partial charge in [0.1, 0.15) is 11.6 Å². The summed E-state index contributed by atoms with van der Waals surface area (Å²) >= 11 is 0. The van der Waals surface area contributed by atoms with Crippen molar-refractivity contribution < 1.29 is 19.1 Å². The average molecular weight is 293 g/mol. The number of hydrogen-bond donors (Lipinski definition) is 1. The molecule has 0 saturated carbocycles. The highest BCUT2D eigenvalue weighted by Crippen LogP contribution is 2.07. The molecule has 116 valence electrons. The number of amides is 1. The monoisotopic (exact) mass is 293 g/mol. The van der Waals surface area contributed by atoms with Gasteiger partial charge in [0.15, 0.2) is 0 Å². The van der Waals surface area contributed by atoms with Crippen LogP contribution in [-0.4, -0.2) is 30.3 Å². The minimum atomic E-state index is -0.740. The van der Waals surface area contributed by atoms with Crippen molar-refractivity contribution >= 4 is 12.1 Å². The first-order valence-corrected chi connectivity index (χ1v) is 6.98. The molecule has 0 radical (unpaired) electrons. The van der Waals surface area contributed by atoms with Gasteiger partial charge in [0.05, 0.1) is 6.61 Å². The molecule has 0 aromatic heterocycles. The van der Waals surface area contributed by atoms with Crippen LogP contribution in [0, 0.1) is 0 Å². The maximum atomic E-state index is 11.7. The summed E-state index contributed by atoms with van der Waals surface area (Å²) in [6.45, 7) is 7.12.